The van der Waals surface area contributed by atoms with Gasteiger partial charge in [0, 0.05) is 0 Å². The third-order valence-corrected chi connectivity index (χ3v) is 9.63. The summed E-state index contributed by atoms with van der Waals surface area (Å²) in [4.78, 5) is 0. The Morgan fingerprint density at radius 1 is 1.14 bits per heavy atom. The average Bonchev–Trinajstić information content (AvgIpc) is 2.71. The molecule has 0 radical (unpaired) electrons. The molecule has 0 aliphatic carbocycles. The first-order chi connectivity index (χ1) is 14.0. The summed E-state index contributed by atoms with van der Waals surface area (Å²) in [7, 11) is 0. The lowest BCUT2D eigenvalue weighted by Crippen LogP contribution is -2.49. The maximum Gasteiger partial charge on any atom is 0.186 e. The van der Waals surface area contributed by atoms with Crippen LogP contribution in [0.15, 0.2) is 30.3 Å². The molecule has 0 aromatic heterocycles. The van der Waals surface area contributed by atoms with E-state index in [0.29, 0.717) is 13.2 Å². The fourth-order valence-corrected chi connectivity index (χ4v) is 7.58. The first kappa shape index (κ1) is 23.4. The van der Waals surface area contributed by atoms with E-state index in [9.17, 15) is 5.11 Å². The molecule has 1 unspecified atom stereocenters. The molecule has 164 valence electrons. The summed E-state index contributed by atoms with van der Waals surface area (Å²) in [6, 6.07) is 10.1. The number of unbranched alkanes of at least 4 members (excludes halogenated alkanes) is 1. The summed E-state index contributed by atoms with van der Waals surface area (Å²) >= 11 is 3.93. The van der Waals surface area contributed by atoms with Crippen LogP contribution >= 0.6 is 23.5 Å². The lowest BCUT2D eigenvalue weighted by Gasteiger charge is -2.47. The van der Waals surface area contributed by atoms with Crippen LogP contribution < -0.4 is 0 Å². The summed E-state index contributed by atoms with van der Waals surface area (Å²) in [5, 5.41) is 11.3. The predicted octanol–water partition coefficient (Wildman–Crippen LogP) is 5.58. The van der Waals surface area contributed by atoms with E-state index in [0.717, 1.165) is 55.6 Å². The molecule has 1 atom stereocenters. The summed E-state index contributed by atoms with van der Waals surface area (Å²) < 4.78 is 17.2. The first-order valence-corrected chi connectivity index (χ1v) is 12.9. The van der Waals surface area contributed by atoms with Gasteiger partial charge in [0.05, 0.1) is 22.9 Å². The molecule has 2 heterocycles. The zero-order valence-corrected chi connectivity index (χ0v) is 19.4. The second-order valence-electron chi connectivity index (χ2n) is 8.21. The molecule has 0 saturated carbocycles. The van der Waals surface area contributed by atoms with Gasteiger partial charge in [-0.1, -0.05) is 50.1 Å². The van der Waals surface area contributed by atoms with Gasteiger partial charge < -0.3 is 19.3 Å². The minimum atomic E-state index is -0.631. The SMILES string of the molecule is CCCCC(C)(O)C1(CCCC2OC(COCc3ccccc3)O2)SCCCS1. The van der Waals surface area contributed by atoms with E-state index in [-0.39, 0.29) is 16.7 Å². The molecule has 0 bridgehead atoms. The third-order valence-electron chi connectivity index (χ3n) is 5.72. The Morgan fingerprint density at radius 2 is 1.86 bits per heavy atom. The van der Waals surface area contributed by atoms with Crippen molar-refractivity contribution in [2.45, 2.75) is 87.7 Å². The Bertz CT molecular complexity index is 584. The van der Waals surface area contributed by atoms with Crippen LogP contribution in [0.3, 0.4) is 0 Å². The number of hydrogen-bond acceptors (Lipinski definition) is 6. The van der Waals surface area contributed by atoms with Crippen LogP contribution in [0.1, 0.15) is 64.4 Å². The van der Waals surface area contributed by atoms with Crippen molar-refractivity contribution < 1.29 is 19.3 Å². The van der Waals surface area contributed by atoms with E-state index in [2.05, 4.69) is 19.1 Å². The van der Waals surface area contributed by atoms with E-state index in [1.807, 2.05) is 48.6 Å². The molecule has 1 aromatic carbocycles. The number of thioether (sulfide) groups is 2. The van der Waals surface area contributed by atoms with Crippen molar-refractivity contribution in [2.75, 3.05) is 18.1 Å². The normalized spacial score (nSPS) is 25.9. The van der Waals surface area contributed by atoms with Gasteiger partial charge >= 0.3 is 0 Å². The molecule has 3 rings (SSSR count). The first-order valence-electron chi connectivity index (χ1n) is 11.0. The van der Waals surface area contributed by atoms with Gasteiger partial charge in [0.2, 0.25) is 0 Å². The van der Waals surface area contributed by atoms with Crippen molar-refractivity contribution in [3.63, 3.8) is 0 Å². The quantitative estimate of drug-likeness (QED) is 0.458. The maximum absolute atomic E-state index is 11.3. The Morgan fingerprint density at radius 3 is 2.55 bits per heavy atom. The van der Waals surface area contributed by atoms with E-state index >= 15 is 0 Å². The van der Waals surface area contributed by atoms with Gasteiger partial charge in [-0.3, -0.25) is 0 Å². The summed E-state index contributed by atoms with van der Waals surface area (Å²) in [5.41, 5.74) is 0.528. The molecule has 2 fully saturated rings. The molecule has 2 saturated heterocycles. The maximum atomic E-state index is 11.3. The lowest BCUT2D eigenvalue weighted by atomic mass is 9.91. The number of hydrogen-bond donors (Lipinski definition) is 1. The Kier molecular flexibility index (Phi) is 9.21. The Labute approximate surface area is 184 Å². The van der Waals surface area contributed by atoms with Crippen LogP contribution in [0.25, 0.3) is 0 Å². The number of rotatable bonds is 12. The van der Waals surface area contributed by atoms with Gasteiger partial charge in [0.1, 0.15) is 0 Å². The van der Waals surface area contributed by atoms with Gasteiger partial charge in [-0.25, -0.2) is 0 Å². The fourth-order valence-electron chi connectivity index (χ4n) is 3.92. The summed E-state index contributed by atoms with van der Waals surface area (Å²) in [6.07, 6.45) is 6.82. The predicted molar refractivity (Wildman–Crippen MR) is 122 cm³/mol. The zero-order chi connectivity index (χ0) is 20.6. The summed E-state index contributed by atoms with van der Waals surface area (Å²) in [5.74, 6) is 2.29. The lowest BCUT2D eigenvalue weighted by molar-refractivity contribution is -0.394. The van der Waals surface area contributed by atoms with Crippen LogP contribution in [0, 0.1) is 0 Å². The van der Waals surface area contributed by atoms with E-state index in [1.165, 1.54) is 6.42 Å². The van der Waals surface area contributed by atoms with Gasteiger partial charge in [-0.05, 0) is 56.1 Å². The topological polar surface area (TPSA) is 47.9 Å². The highest BCUT2D eigenvalue weighted by atomic mass is 32.2. The van der Waals surface area contributed by atoms with Crippen LogP contribution in [0.2, 0.25) is 0 Å². The second-order valence-corrected chi connectivity index (χ2v) is 11.3. The largest absolute Gasteiger partial charge is 0.388 e. The van der Waals surface area contributed by atoms with Crippen LogP contribution in [0.4, 0.5) is 0 Å². The van der Waals surface area contributed by atoms with Crippen molar-refractivity contribution in [2.24, 2.45) is 0 Å². The average molecular weight is 441 g/mol. The molecule has 0 amide bonds. The highest BCUT2D eigenvalue weighted by Gasteiger charge is 2.48. The van der Waals surface area contributed by atoms with Gasteiger partial charge in [-0.2, -0.15) is 0 Å². The minimum absolute atomic E-state index is 0.0949. The smallest absolute Gasteiger partial charge is 0.186 e. The molecule has 2 aliphatic rings. The van der Waals surface area contributed by atoms with Gasteiger partial charge in [0.25, 0.3) is 0 Å². The van der Waals surface area contributed by atoms with Crippen LogP contribution in [0.5, 0.6) is 0 Å². The minimum Gasteiger partial charge on any atom is -0.388 e. The zero-order valence-electron chi connectivity index (χ0n) is 17.8. The van der Waals surface area contributed by atoms with E-state index in [1.54, 1.807) is 0 Å². The molecule has 0 spiro atoms. The Hall–Kier alpha value is -0.240. The standard InChI is InChI=1S/C23H36O4S2/c1-3-4-13-22(2,24)23(28-15-9-16-29-23)14-8-12-20-26-21(27-20)18-25-17-19-10-6-5-7-11-19/h5-7,10-11,20-21,24H,3-4,8-9,12-18H2,1-2H3. The fraction of sp³-hybridized carbons (Fsp3) is 0.739. The van der Waals surface area contributed by atoms with Crippen LogP contribution in [-0.2, 0) is 20.8 Å². The highest BCUT2D eigenvalue weighted by Crippen LogP contribution is 2.54. The van der Waals surface area contributed by atoms with Crippen molar-refractivity contribution in [1.82, 2.24) is 0 Å². The number of ether oxygens (including phenoxy) is 3. The van der Waals surface area contributed by atoms with E-state index < -0.39 is 5.60 Å². The van der Waals surface area contributed by atoms with Crippen LogP contribution in [-0.4, -0.2) is 45.5 Å². The number of aliphatic hydroxyl groups is 1. The Balaban J connectivity index is 1.35. The van der Waals surface area contributed by atoms with Gasteiger partial charge in [0.15, 0.2) is 12.6 Å². The summed E-state index contributed by atoms with van der Waals surface area (Å²) in [6.45, 7) is 5.28. The van der Waals surface area contributed by atoms with Crippen molar-refractivity contribution in [1.29, 1.82) is 0 Å². The molecular weight excluding hydrogens is 404 g/mol. The van der Waals surface area contributed by atoms with Crippen molar-refractivity contribution in [3.05, 3.63) is 35.9 Å². The molecule has 4 nitrogen and oxygen atoms in total. The molecule has 6 heteroatoms. The third kappa shape index (κ3) is 6.62. The van der Waals surface area contributed by atoms with E-state index in [4.69, 9.17) is 14.2 Å². The van der Waals surface area contributed by atoms with Gasteiger partial charge in [-0.15, -0.1) is 23.5 Å². The molecular formula is C23H36O4S2. The second kappa shape index (κ2) is 11.4. The number of benzene rings is 1. The monoisotopic (exact) mass is 440 g/mol. The molecule has 1 aromatic rings. The molecule has 29 heavy (non-hydrogen) atoms. The van der Waals surface area contributed by atoms with Crippen molar-refractivity contribution in [3.8, 4) is 0 Å². The molecule has 1 N–H and O–H groups in total. The highest BCUT2D eigenvalue weighted by molar-refractivity contribution is 8.18. The van der Waals surface area contributed by atoms with Crippen molar-refractivity contribution >= 4 is 23.5 Å². The molecule has 2 aliphatic heterocycles.